The van der Waals surface area contributed by atoms with Crippen molar-refractivity contribution in [1.82, 2.24) is 15.1 Å². The van der Waals surface area contributed by atoms with Gasteiger partial charge in [-0.25, -0.2) is 0 Å². The van der Waals surface area contributed by atoms with Gasteiger partial charge in [0.05, 0.1) is 24.9 Å². The molecular formula is C15H17N5O3. The first kappa shape index (κ1) is 16.5. The Morgan fingerprint density at radius 3 is 2.78 bits per heavy atom. The maximum absolute atomic E-state index is 12.2. The first-order chi connectivity index (χ1) is 11.2. The maximum Gasteiger partial charge on any atom is 0.266 e. The minimum absolute atomic E-state index is 0.0541. The molecule has 1 aromatic carbocycles. The van der Waals surface area contributed by atoms with Gasteiger partial charge in [0.2, 0.25) is 0 Å². The van der Waals surface area contributed by atoms with Gasteiger partial charge in [0.25, 0.3) is 5.91 Å². The summed E-state index contributed by atoms with van der Waals surface area (Å²) in [6.45, 7) is -0.375. The van der Waals surface area contributed by atoms with Crippen molar-refractivity contribution in [2.75, 3.05) is 31.6 Å². The van der Waals surface area contributed by atoms with Gasteiger partial charge in [0.1, 0.15) is 11.6 Å². The van der Waals surface area contributed by atoms with Gasteiger partial charge in [0, 0.05) is 30.4 Å². The number of nitrogens with one attached hydrogen (secondary N) is 2. The summed E-state index contributed by atoms with van der Waals surface area (Å²) in [7, 11) is 0. The number of anilines is 1. The molecule has 2 aromatic rings. The number of aromatic nitrogens is 2. The smallest absolute Gasteiger partial charge is 0.266 e. The van der Waals surface area contributed by atoms with Crippen molar-refractivity contribution < 1.29 is 15.0 Å². The van der Waals surface area contributed by atoms with Crippen LogP contribution in [0.1, 0.15) is 0 Å². The zero-order valence-corrected chi connectivity index (χ0v) is 12.4. The maximum atomic E-state index is 12.2. The first-order valence-electron chi connectivity index (χ1n) is 7.00. The molecule has 0 atom stereocenters. The van der Waals surface area contributed by atoms with Crippen LogP contribution in [0.4, 0.5) is 5.69 Å². The Labute approximate surface area is 132 Å². The highest BCUT2D eigenvalue weighted by Crippen LogP contribution is 2.16. The van der Waals surface area contributed by atoms with E-state index in [2.05, 4.69) is 15.5 Å². The highest BCUT2D eigenvalue weighted by molar-refractivity contribution is 5.97. The van der Waals surface area contributed by atoms with E-state index in [1.165, 1.54) is 11.1 Å². The number of benzene rings is 1. The molecule has 1 heterocycles. The molecule has 0 bridgehead atoms. The van der Waals surface area contributed by atoms with Crippen LogP contribution in [0, 0.1) is 11.3 Å². The number of fused-ring (bicyclic) bond motifs is 1. The van der Waals surface area contributed by atoms with Gasteiger partial charge < -0.3 is 20.4 Å². The molecule has 2 rings (SSSR count). The average Bonchev–Trinajstić information content (AvgIpc) is 3.02. The summed E-state index contributed by atoms with van der Waals surface area (Å²) in [6, 6.07) is 7.28. The van der Waals surface area contributed by atoms with Crippen LogP contribution in [-0.2, 0) is 4.79 Å². The summed E-state index contributed by atoms with van der Waals surface area (Å²) in [5.41, 5.74) is 1.41. The third-order valence-electron chi connectivity index (χ3n) is 3.20. The normalized spacial score (nSPS) is 11.3. The standard InChI is InChI=1S/C15H17N5O3/c16-8-12(15(23)20(3-5-21)4-6-22)9-17-13-2-1-11-10-18-19-14(11)7-13/h1-2,7,9-10,17,21-22H,3-6H2,(H,18,19)/b12-9-. The van der Waals surface area contributed by atoms with Gasteiger partial charge in [0.15, 0.2) is 0 Å². The number of nitrogens with zero attached hydrogens (tertiary/aromatic N) is 3. The summed E-state index contributed by atoms with van der Waals surface area (Å²) in [6.07, 6.45) is 3.00. The number of rotatable bonds is 7. The number of hydrogen-bond acceptors (Lipinski definition) is 6. The number of carbonyl (C=O) groups excluding carboxylic acids is 1. The van der Waals surface area contributed by atoms with E-state index in [1.807, 2.05) is 12.1 Å². The first-order valence-corrected chi connectivity index (χ1v) is 7.00. The molecule has 0 fully saturated rings. The molecule has 0 saturated carbocycles. The van der Waals surface area contributed by atoms with Gasteiger partial charge in [-0.1, -0.05) is 0 Å². The molecule has 120 valence electrons. The van der Waals surface area contributed by atoms with Gasteiger partial charge >= 0.3 is 0 Å². The zero-order valence-electron chi connectivity index (χ0n) is 12.4. The highest BCUT2D eigenvalue weighted by Gasteiger charge is 2.17. The topological polar surface area (TPSA) is 125 Å². The second-order valence-electron chi connectivity index (χ2n) is 4.73. The summed E-state index contributed by atoms with van der Waals surface area (Å²) in [5, 5.41) is 37.6. The van der Waals surface area contributed by atoms with Crippen molar-refractivity contribution >= 4 is 22.5 Å². The van der Waals surface area contributed by atoms with E-state index in [-0.39, 0.29) is 31.9 Å². The molecule has 0 saturated heterocycles. The van der Waals surface area contributed by atoms with E-state index in [4.69, 9.17) is 15.5 Å². The lowest BCUT2D eigenvalue weighted by Crippen LogP contribution is -2.36. The molecule has 0 aliphatic heterocycles. The van der Waals surface area contributed by atoms with Crippen molar-refractivity contribution in [1.29, 1.82) is 5.26 Å². The van der Waals surface area contributed by atoms with Gasteiger partial charge in [-0.15, -0.1) is 0 Å². The SMILES string of the molecule is N#C/C(=C/Nc1ccc2cn[nH]c2c1)C(=O)N(CCO)CCO. The number of nitriles is 1. The molecule has 1 amide bonds. The molecule has 23 heavy (non-hydrogen) atoms. The Morgan fingerprint density at radius 2 is 2.13 bits per heavy atom. The lowest BCUT2D eigenvalue weighted by Gasteiger charge is -2.20. The minimum atomic E-state index is -0.550. The van der Waals surface area contributed by atoms with Gasteiger partial charge in [-0.2, -0.15) is 10.4 Å². The monoisotopic (exact) mass is 315 g/mol. The van der Waals surface area contributed by atoms with Crippen molar-refractivity contribution in [2.24, 2.45) is 0 Å². The van der Waals surface area contributed by atoms with Crippen LogP contribution < -0.4 is 5.32 Å². The fourth-order valence-electron chi connectivity index (χ4n) is 2.05. The lowest BCUT2D eigenvalue weighted by molar-refractivity contribution is -0.127. The summed E-state index contributed by atoms with van der Waals surface area (Å²) in [5.74, 6) is -0.550. The fourth-order valence-corrected chi connectivity index (χ4v) is 2.05. The number of carbonyl (C=O) groups is 1. The second kappa shape index (κ2) is 7.93. The molecule has 4 N–H and O–H groups in total. The van der Waals surface area contributed by atoms with Crippen molar-refractivity contribution in [3.05, 3.63) is 36.2 Å². The summed E-state index contributed by atoms with van der Waals surface area (Å²) >= 11 is 0. The average molecular weight is 315 g/mol. The third kappa shape index (κ3) is 4.06. The second-order valence-corrected chi connectivity index (χ2v) is 4.73. The van der Waals surface area contributed by atoms with Crippen LogP contribution in [0.3, 0.4) is 0 Å². The van der Waals surface area contributed by atoms with E-state index in [0.717, 1.165) is 10.9 Å². The number of amides is 1. The van der Waals surface area contributed by atoms with Crippen molar-refractivity contribution in [3.63, 3.8) is 0 Å². The molecule has 0 unspecified atom stereocenters. The number of hydrogen-bond donors (Lipinski definition) is 4. The van der Waals surface area contributed by atoms with Gasteiger partial charge in [-0.05, 0) is 18.2 Å². The Morgan fingerprint density at radius 1 is 1.39 bits per heavy atom. The van der Waals surface area contributed by atoms with Crippen LogP contribution >= 0.6 is 0 Å². The predicted octanol–water partition coefficient (Wildman–Crippen LogP) is 0.195. The molecule has 0 aliphatic carbocycles. The molecule has 0 aliphatic rings. The molecule has 8 nitrogen and oxygen atoms in total. The Balaban J connectivity index is 2.13. The number of aliphatic hydroxyl groups excluding tert-OH is 2. The van der Waals surface area contributed by atoms with Crippen LogP contribution in [0.2, 0.25) is 0 Å². The molecule has 8 heteroatoms. The quantitative estimate of drug-likeness (QED) is 0.427. The predicted molar refractivity (Wildman–Crippen MR) is 84.2 cm³/mol. The lowest BCUT2D eigenvalue weighted by atomic mass is 10.2. The molecule has 1 aromatic heterocycles. The summed E-state index contributed by atoms with van der Waals surface area (Å²) in [4.78, 5) is 13.4. The Bertz CT molecular complexity index is 741. The number of aromatic amines is 1. The molecule has 0 radical (unpaired) electrons. The fraction of sp³-hybridized carbons (Fsp3) is 0.267. The van der Waals surface area contributed by atoms with E-state index in [9.17, 15) is 4.79 Å². The van der Waals surface area contributed by atoms with E-state index >= 15 is 0 Å². The molecule has 0 spiro atoms. The zero-order chi connectivity index (χ0) is 16.7. The minimum Gasteiger partial charge on any atom is -0.395 e. The van der Waals surface area contributed by atoms with Crippen LogP contribution in [0.25, 0.3) is 10.9 Å². The summed E-state index contributed by atoms with van der Waals surface area (Å²) < 4.78 is 0. The van der Waals surface area contributed by atoms with E-state index in [0.29, 0.717) is 5.69 Å². The highest BCUT2D eigenvalue weighted by atomic mass is 16.3. The van der Waals surface area contributed by atoms with Crippen molar-refractivity contribution in [3.8, 4) is 6.07 Å². The molecular weight excluding hydrogens is 298 g/mol. The van der Waals surface area contributed by atoms with Gasteiger partial charge in [-0.3, -0.25) is 9.89 Å². The van der Waals surface area contributed by atoms with E-state index in [1.54, 1.807) is 18.3 Å². The van der Waals surface area contributed by atoms with Crippen LogP contribution in [0.15, 0.2) is 36.2 Å². The Kier molecular flexibility index (Phi) is 5.68. The number of aliphatic hydroxyl groups is 2. The van der Waals surface area contributed by atoms with Crippen LogP contribution in [-0.4, -0.2) is 57.5 Å². The van der Waals surface area contributed by atoms with E-state index < -0.39 is 5.91 Å². The van der Waals surface area contributed by atoms with Crippen LogP contribution in [0.5, 0.6) is 0 Å². The Hall–Kier alpha value is -2.89. The largest absolute Gasteiger partial charge is 0.395 e. The third-order valence-corrected chi connectivity index (χ3v) is 3.20. The van der Waals surface area contributed by atoms with Crippen molar-refractivity contribution in [2.45, 2.75) is 0 Å². The number of H-pyrrole nitrogens is 1.